The predicted octanol–water partition coefficient (Wildman–Crippen LogP) is 1.74. The molecule has 2 aliphatic rings. The molecule has 0 saturated heterocycles. The van der Waals surface area contributed by atoms with Gasteiger partial charge in [0, 0.05) is 18.5 Å². The van der Waals surface area contributed by atoms with Gasteiger partial charge < -0.3 is 10.0 Å². The van der Waals surface area contributed by atoms with Crippen LogP contribution in [0.15, 0.2) is 0 Å². The van der Waals surface area contributed by atoms with Crippen molar-refractivity contribution in [2.75, 3.05) is 6.54 Å². The minimum Gasteiger partial charge on any atom is -0.481 e. The summed E-state index contributed by atoms with van der Waals surface area (Å²) < 4.78 is 0. The lowest BCUT2D eigenvalue weighted by Crippen LogP contribution is -2.40. The van der Waals surface area contributed by atoms with Crippen molar-refractivity contribution in [3.8, 4) is 0 Å². The first-order chi connectivity index (χ1) is 7.83. The van der Waals surface area contributed by atoms with E-state index in [-0.39, 0.29) is 17.2 Å². The number of amides is 1. The zero-order valence-electron chi connectivity index (χ0n) is 10.8. The standard InChI is InChI=1S/C13H21NO3/c1-8(12(16)17)7-14(9-4-5-9)11(15)10-6-13(10,2)3/h8-10H,4-7H2,1-3H3,(H,16,17)/t8?,10-/m1/s1. The highest BCUT2D eigenvalue weighted by Gasteiger charge is 2.53. The number of aliphatic carboxylic acids is 1. The summed E-state index contributed by atoms with van der Waals surface area (Å²) in [6.07, 6.45) is 3.01. The first-order valence-electron chi connectivity index (χ1n) is 6.36. The highest BCUT2D eigenvalue weighted by atomic mass is 16.4. The lowest BCUT2D eigenvalue weighted by atomic mass is 10.1. The molecule has 0 aromatic rings. The number of carboxylic acids is 1. The third kappa shape index (κ3) is 2.61. The fraction of sp³-hybridized carbons (Fsp3) is 0.846. The van der Waals surface area contributed by atoms with Crippen LogP contribution in [0.25, 0.3) is 0 Å². The predicted molar refractivity (Wildman–Crippen MR) is 63.4 cm³/mol. The average molecular weight is 239 g/mol. The van der Waals surface area contributed by atoms with Crippen molar-refractivity contribution in [2.24, 2.45) is 17.3 Å². The van der Waals surface area contributed by atoms with Gasteiger partial charge in [-0.05, 0) is 24.7 Å². The maximum Gasteiger partial charge on any atom is 0.308 e. The second kappa shape index (κ2) is 4.00. The summed E-state index contributed by atoms with van der Waals surface area (Å²) in [6, 6.07) is 0.306. The van der Waals surface area contributed by atoms with Crippen molar-refractivity contribution in [1.29, 1.82) is 0 Å². The highest BCUT2D eigenvalue weighted by Crippen LogP contribution is 2.53. The summed E-state index contributed by atoms with van der Waals surface area (Å²) in [7, 11) is 0. The Hall–Kier alpha value is -1.06. The molecule has 0 aliphatic heterocycles. The Kier molecular flexibility index (Phi) is 2.92. The molecule has 2 atom stereocenters. The van der Waals surface area contributed by atoms with Crippen LogP contribution >= 0.6 is 0 Å². The molecule has 0 heterocycles. The van der Waals surface area contributed by atoms with Gasteiger partial charge >= 0.3 is 5.97 Å². The molecule has 0 spiro atoms. The third-order valence-electron chi connectivity index (χ3n) is 3.97. The number of carboxylic acid groups (broad SMARTS) is 1. The Bertz CT molecular complexity index is 347. The number of hydrogen-bond acceptors (Lipinski definition) is 2. The molecule has 2 aliphatic carbocycles. The van der Waals surface area contributed by atoms with E-state index < -0.39 is 11.9 Å². The molecule has 0 aromatic heterocycles. The molecule has 4 nitrogen and oxygen atoms in total. The van der Waals surface area contributed by atoms with Crippen molar-refractivity contribution >= 4 is 11.9 Å². The van der Waals surface area contributed by atoms with Gasteiger partial charge in [0.2, 0.25) is 5.91 Å². The topological polar surface area (TPSA) is 57.6 Å². The lowest BCUT2D eigenvalue weighted by molar-refractivity contribution is -0.143. The summed E-state index contributed by atoms with van der Waals surface area (Å²) in [5, 5.41) is 8.93. The Morgan fingerprint density at radius 2 is 1.94 bits per heavy atom. The monoisotopic (exact) mass is 239 g/mol. The van der Waals surface area contributed by atoms with Gasteiger partial charge in [-0.3, -0.25) is 9.59 Å². The maximum atomic E-state index is 12.3. The number of carbonyl (C=O) groups excluding carboxylic acids is 1. The highest BCUT2D eigenvalue weighted by molar-refractivity contribution is 5.83. The van der Waals surface area contributed by atoms with Crippen LogP contribution in [-0.2, 0) is 9.59 Å². The fourth-order valence-corrected chi connectivity index (χ4v) is 2.27. The van der Waals surface area contributed by atoms with E-state index >= 15 is 0 Å². The van der Waals surface area contributed by atoms with Crippen molar-refractivity contribution in [2.45, 2.75) is 46.1 Å². The van der Waals surface area contributed by atoms with Gasteiger partial charge in [-0.1, -0.05) is 20.8 Å². The molecule has 2 rings (SSSR count). The maximum absolute atomic E-state index is 12.3. The summed E-state index contributed by atoms with van der Waals surface area (Å²) in [6.45, 7) is 6.23. The zero-order chi connectivity index (χ0) is 12.8. The van der Waals surface area contributed by atoms with Crippen molar-refractivity contribution in [3.05, 3.63) is 0 Å². The molecule has 1 unspecified atom stereocenters. The summed E-state index contributed by atoms with van der Waals surface area (Å²) in [5.74, 6) is -1.00. The Labute approximate surface area is 102 Å². The molecule has 17 heavy (non-hydrogen) atoms. The molecule has 1 amide bonds. The summed E-state index contributed by atoms with van der Waals surface area (Å²) in [5.41, 5.74) is 0.122. The smallest absolute Gasteiger partial charge is 0.308 e. The number of hydrogen-bond donors (Lipinski definition) is 1. The molecule has 1 N–H and O–H groups in total. The van der Waals surface area contributed by atoms with E-state index in [1.54, 1.807) is 6.92 Å². The van der Waals surface area contributed by atoms with Crippen molar-refractivity contribution < 1.29 is 14.7 Å². The second-order valence-corrected chi connectivity index (χ2v) is 6.21. The minimum atomic E-state index is -0.821. The van der Waals surface area contributed by atoms with Crippen LogP contribution in [0, 0.1) is 17.3 Å². The molecular formula is C13H21NO3. The largest absolute Gasteiger partial charge is 0.481 e. The Balaban J connectivity index is 1.98. The van der Waals surface area contributed by atoms with Crippen molar-refractivity contribution in [3.63, 3.8) is 0 Å². The molecule has 2 fully saturated rings. The molecule has 0 bridgehead atoms. The van der Waals surface area contributed by atoms with Gasteiger partial charge in [0.15, 0.2) is 0 Å². The third-order valence-corrected chi connectivity index (χ3v) is 3.97. The minimum absolute atomic E-state index is 0.115. The molecule has 0 aromatic carbocycles. The normalized spacial score (nSPS) is 27.4. The van der Waals surface area contributed by atoms with Gasteiger partial charge in [-0.15, -0.1) is 0 Å². The molecular weight excluding hydrogens is 218 g/mol. The van der Waals surface area contributed by atoms with Gasteiger partial charge in [0.05, 0.1) is 5.92 Å². The van der Waals surface area contributed by atoms with Crippen LogP contribution < -0.4 is 0 Å². The first kappa shape index (κ1) is 12.4. The van der Waals surface area contributed by atoms with E-state index in [9.17, 15) is 9.59 Å². The Morgan fingerprint density at radius 3 is 2.29 bits per heavy atom. The van der Waals surface area contributed by atoms with Gasteiger partial charge in [0.25, 0.3) is 0 Å². The van der Waals surface area contributed by atoms with Crippen LogP contribution in [-0.4, -0.2) is 34.5 Å². The molecule has 0 radical (unpaired) electrons. The molecule has 4 heteroatoms. The van der Waals surface area contributed by atoms with Crippen molar-refractivity contribution in [1.82, 2.24) is 4.90 Å². The van der Waals surface area contributed by atoms with E-state index in [0.29, 0.717) is 12.6 Å². The summed E-state index contributed by atoms with van der Waals surface area (Å²) >= 11 is 0. The van der Waals surface area contributed by atoms with Gasteiger partial charge in [-0.25, -0.2) is 0 Å². The number of rotatable bonds is 5. The van der Waals surface area contributed by atoms with Crippen LogP contribution in [0.4, 0.5) is 0 Å². The quantitative estimate of drug-likeness (QED) is 0.795. The molecule has 2 saturated carbocycles. The average Bonchev–Trinajstić information content (AvgIpc) is 3.10. The van der Waals surface area contributed by atoms with E-state index in [2.05, 4.69) is 13.8 Å². The van der Waals surface area contributed by atoms with E-state index in [1.165, 1.54) is 0 Å². The van der Waals surface area contributed by atoms with E-state index in [1.807, 2.05) is 4.90 Å². The SMILES string of the molecule is CC(CN(C(=O)[C@H]1CC1(C)C)C1CC1)C(=O)O. The fourth-order valence-electron chi connectivity index (χ4n) is 2.27. The van der Waals surface area contributed by atoms with Gasteiger partial charge in [0.1, 0.15) is 0 Å². The van der Waals surface area contributed by atoms with E-state index in [4.69, 9.17) is 5.11 Å². The lowest BCUT2D eigenvalue weighted by Gasteiger charge is -2.25. The van der Waals surface area contributed by atoms with Crippen LogP contribution in [0.3, 0.4) is 0 Å². The van der Waals surface area contributed by atoms with Gasteiger partial charge in [-0.2, -0.15) is 0 Å². The number of carbonyl (C=O) groups is 2. The second-order valence-electron chi connectivity index (χ2n) is 6.21. The van der Waals surface area contributed by atoms with Crippen LogP contribution in [0.1, 0.15) is 40.0 Å². The van der Waals surface area contributed by atoms with Crippen LogP contribution in [0.5, 0.6) is 0 Å². The zero-order valence-corrected chi connectivity index (χ0v) is 10.8. The number of nitrogens with zero attached hydrogens (tertiary/aromatic N) is 1. The Morgan fingerprint density at radius 1 is 1.41 bits per heavy atom. The van der Waals surface area contributed by atoms with Crippen LogP contribution in [0.2, 0.25) is 0 Å². The molecule has 96 valence electrons. The first-order valence-corrected chi connectivity index (χ1v) is 6.36. The van der Waals surface area contributed by atoms with E-state index in [0.717, 1.165) is 19.3 Å². The summed E-state index contributed by atoms with van der Waals surface area (Å²) in [4.78, 5) is 25.0.